The summed E-state index contributed by atoms with van der Waals surface area (Å²) in [6.45, 7) is 13.2. The first-order valence-corrected chi connectivity index (χ1v) is 8.14. The Kier molecular flexibility index (Phi) is 4.32. The molecule has 0 aliphatic heterocycles. The van der Waals surface area contributed by atoms with E-state index in [1.54, 1.807) is 0 Å². The lowest BCUT2D eigenvalue weighted by Crippen LogP contribution is -2.48. The van der Waals surface area contributed by atoms with Crippen molar-refractivity contribution in [3.8, 4) is 0 Å². The van der Waals surface area contributed by atoms with Gasteiger partial charge in [-0.3, -0.25) is 4.90 Å². The standard InChI is InChI=1S/C17H34N2/c1-13(19(6)15-7-8-15)11-18-14-9-16(2,3)12-17(4,5)10-14/h13-15,18H,7-12H2,1-6H3. The Labute approximate surface area is 120 Å². The molecule has 1 N–H and O–H groups in total. The molecule has 0 saturated heterocycles. The van der Waals surface area contributed by atoms with Gasteiger partial charge in [0, 0.05) is 24.7 Å². The SMILES string of the molecule is CC(CNC1CC(C)(C)CC(C)(C)C1)N(C)C1CC1. The molecule has 0 heterocycles. The summed E-state index contributed by atoms with van der Waals surface area (Å²) in [5.41, 5.74) is 0.982. The molecular formula is C17H34N2. The Hall–Kier alpha value is -0.0800. The predicted molar refractivity (Wildman–Crippen MR) is 83.5 cm³/mol. The monoisotopic (exact) mass is 266 g/mol. The van der Waals surface area contributed by atoms with Gasteiger partial charge in [0.05, 0.1) is 0 Å². The van der Waals surface area contributed by atoms with Crippen molar-refractivity contribution in [2.45, 2.75) is 84.8 Å². The van der Waals surface area contributed by atoms with E-state index in [-0.39, 0.29) is 0 Å². The molecule has 19 heavy (non-hydrogen) atoms. The molecule has 1 atom stereocenters. The minimum absolute atomic E-state index is 0.491. The molecule has 0 aromatic heterocycles. The fourth-order valence-electron chi connectivity index (χ4n) is 4.31. The van der Waals surface area contributed by atoms with Crippen LogP contribution in [0.3, 0.4) is 0 Å². The first-order valence-electron chi connectivity index (χ1n) is 8.14. The lowest BCUT2D eigenvalue weighted by Gasteiger charge is -2.45. The number of likely N-dealkylation sites (N-methyl/N-ethyl adjacent to an activating group) is 1. The maximum atomic E-state index is 3.85. The Morgan fingerprint density at radius 1 is 1.11 bits per heavy atom. The van der Waals surface area contributed by atoms with E-state index in [0.29, 0.717) is 22.9 Å². The van der Waals surface area contributed by atoms with E-state index in [9.17, 15) is 0 Å². The minimum atomic E-state index is 0.491. The third-order valence-electron chi connectivity index (χ3n) is 5.08. The topological polar surface area (TPSA) is 15.3 Å². The van der Waals surface area contributed by atoms with Crippen LogP contribution in [0, 0.1) is 10.8 Å². The van der Waals surface area contributed by atoms with E-state index >= 15 is 0 Å². The zero-order valence-corrected chi connectivity index (χ0v) is 13.9. The predicted octanol–water partition coefficient (Wildman–Crippen LogP) is 3.66. The zero-order valence-electron chi connectivity index (χ0n) is 13.9. The molecule has 2 fully saturated rings. The van der Waals surface area contributed by atoms with Crippen LogP contribution >= 0.6 is 0 Å². The fourth-order valence-corrected chi connectivity index (χ4v) is 4.31. The number of rotatable bonds is 5. The second kappa shape index (κ2) is 5.37. The quantitative estimate of drug-likeness (QED) is 0.817. The Bertz CT molecular complexity index is 288. The van der Waals surface area contributed by atoms with Crippen molar-refractivity contribution < 1.29 is 0 Å². The molecule has 1 unspecified atom stereocenters. The van der Waals surface area contributed by atoms with E-state index < -0.39 is 0 Å². The lowest BCUT2D eigenvalue weighted by molar-refractivity contribution is 0.0814. The van der Waals surface area contributed by atoms with Crippen LogP contribution in [0.5, 0.6) is 0 Å². The molecule has 2 aliphatic carbocycles. The van der Waals surface area contributed by atoms with Crippen LogP contribution in [0.15, 0.2) is 0 Å². The van der Waals surface area contributed by atoms with Crippen LogP contribution in [-0.2, 0) is 0 Å². The van der Waals surface area contributed by atoms with Crippen molar-refractivity contribution in [3.05, 3.63) is 0 Å². The van der Waals surface area contributed by atoms with Gasteiger partial charge in [-0.05, 0) is 56.9 Å². The number of hydrogen-bond acceptors (Lipinski definition) is 2. The van der Waals surface area contributed by atoms with Gasteiger partial charge in [0.2, 0.25) is 0 Å². The van der Waals surface area contributed by atoms with Crippen LogP contribution in [0.2, 0.25) is 0 Å². The van der Waals surface area contributed by atoms with Gasteiger partial charge in [-0.15, -0.1) is 0 Å². The molecule has 0 spiro atoms. The van der Waals surface area contributed by atoms with Gasteiger partial charge >= 0.3 is 0 Å². The second-order valence-electron chi connectivity index (χ2n) is 8.76. The summed E-state index contributed by atoms with van der Waals surface area (Å²) in [7, 11) is 2.29. The maximum Gasteiger partial charge on any atom is 0.0192 e. The number of nitrogens with one attached hydrogen (secondary N) is 1. The van der Waals surface area contributed by atoms with E-state index in [4.69, 9.17) is 0 Å². The Morgan fingerprint density at radius 2 is 1.63 bits per heavy atom. The van der Waals surface area contributed by atoms with Crippen molar-refractivity contribution in [1.29, 1.82) is 0 Å². The molecule has 2 nitrogen and oxygen atoms in total. The summed E-state index contributed by atoms with van der Waals surface area (Å²) >= 11 is 0. The molecule has 0 aromatic rings. The van der Waals surface area contributed by atoms with Crippen LogP contribution in [-0.4, -0.2) is 36.6 Å². The molecule has 112 valence electrons. The highest BCUT2D eigenvalue weighted by molar-refractivity contribution is 4.93. The summed E-state index contributed by atoms with van der Waals surface area (Å²) in [6, 6.07) is 2.24. The summed E-state index contributed by atoms with van der Waals surface area (Å²) in [4.78, 5) is 2.56. The van der Waals surface area contributed by atoms with Crippen LogP contribution in [0.25, 0.3) is 0 Å². The average Bonchev–Trinajstić information content (AvgIpc) is 3.04. The first-order chi connectivity index (χ1) is 8.69. The molecule has 2 rings (SSSR count). The molecule has 0 aromatic carbocycles. The normalized spacial score (nSPS) is 28.6. The Balaban J connectivity index is 1.81. The lowest BCUT2D eigenvalue weighted by atomic mass is 9.63. The van der Waals surface area contributed by atoms with Crippen LogP contribution in [0.4, 0.5) is 0 Å². The number of hydrogen-bond donors (Lipinski definition) is 1. The van der Waals surface area contributed by atoms with Gasteiger partial charge in [-0.25, -0.2) is 0 Å². The van der Waals surface area contributed by atoms with E-state index in [0.717, 1.165) is 12.6 Å². The molecule has 0 amide bonds. The Morgan fingerprint density at radius 3 is 2.11 bits per heavy atom. The molecule has 0 bridgehead atoms. The highest BCUT2D eigenvalue weighted by atomic mass is 15.2. The molecule has 0 radical (unpaired) electrons. The van der Waals surface area contributed by atoms with Crippen molar-refractivity contribution in [2.75, 3.05) is 13.6 Å². The molecule has 2 heteroatoms. The van der Waals surface area contributed by atoms with Crippen molar-refractivity contribution in [2.24, 2.45) is 10.8 Å². The minimum Gasteiger partial charge on any atom is -0.312 e. The first kappa shape index (κ1) is 15.3. The largest absolute Gasteiger partial charge is 0.312 e. The zero-order chi connectivity index (χ0) is 14.3. The van der Waals surface area contributed by atoms with Gasteiger partial charge in [0.15, 0.2) is 0 Å². The molecule has 2 aliphatic rings. The maximum absolute atomic E-state index is 3.85. The van der Waals surface area contributed by atoms with E-state index in [1.807, 2.05) is 0 Å². The number of nitrogens with zero attached hydrogens (tertiary/aromatic N) is 1. The van der Waals surface area contributed by atoms with Crippen LogP contribution < -0.4 is 5.32 Å². The third kappa shape index (κ3) is 4.46. The second-order valence-corrected chi connectivity index (χ2v) is 8.76. The van der Waals surface area contributed by atoms with E-state index in [2.05, 4.69) is 51.9 Å². The van der Waals surface area contributed by atoms with Crippen molar-refractivity contribution >= 4 is 0 Å². The van der Waals surface area contributed by atoms with Crippen molar-refractivity contribution in [1.82, 2.24) is 10.2 Å². The summed E-state index contributed by atoms with van der Waals surface area (Å²) in [5.74, 6) is 0. The molecular weight excluding hydrogens is 232 g/mol. The van der Waals surface area contributed by atoms with Crippen LogP contribution in [0.1, 0.15) is 66.7 Å². The summed E-state index contributed by atoms with van der Waals surface area (Å²) in [5, 5.41) is 3.85. The van der Waals surface area contributed by atoms with Gasteiger partial charge < -0.3 is 5.32 Å². The fraction of sp³-hybridized carbons (Fsp3) is 1.00. The van der Waals surface area contributed by atoms with Gasteiger partial charge in [-0.1, -0.05) is 27.7 Å². The third-order valence-corrected chi connectivity index (χ3v) is 5.08. The molecule has 2 saturated carbocycles. The highest BCUT2D eigenvalue weighted by Crippen LogP contribution is 2.45. The van der Waals surface area contributed by atoms with E-state index in [1.165, 1.54) is 32.1 Å². The summed E-state index contributed by atoms with van der Waals surface area (Å²) < 4.78 is 0. The summed E-state index contributed by atoms with van der Waals surface area (Å²) in [6.07, 6.45) is 6.83. The van der Waals surface area contributed by atoms with Gasteiger partial charge in [-0.2, -0.15) is 0 Å². The smallest absolute Gasteiger partial charge is 0.0192 e. The van der Waals surface area contributed by atoms with Crippen molar-refractivity contribution in [3.63, 3.8) is 0 Å². The average molecular weight is 266 g/mol. The van der Waals surface area contributed by atoms with Gasteiger partial charge in [0.1, 0.15) is 0 Å². The highest BCUT2D eigenvalue weighted by Gasteiger charge is 2.38. The van der Waals surface area contributed by atoms with Gasteiger partial charge in [0.25, 0.3) is 0 Å².